The first-order chi connectivity index (χ1) is 14.9. The van der Waals surface area contributed by atoms with Crippen molar-refractivity contribution in [1.82, 2.24) is 16.0 Å². The van der Waals surface area contributed by atoms with Gasteiger partial charge >= 0.3 is 0 Å². The average Bonchev–Trinajstić information content (AvgIpc) is 2.76. The van der Waals surface area contributed by atoms with Crippen LogP contribution >= 0.6 is 0 Å². The van der Waals surface area contributed by atoms with Gasteiger partial charge in [-0.1, -0.05) is 74.5 Å². The molecule has 2 atom stereocenters. The number of hydrogen-bond acceptors (Lipinski definition) is 3. The van der Waals surface area contributed by atoms with Gasteiger partial charge in [0.1, 0.15) is 12.1 Å². The summed E-state index contributed by atoms with van der Waals surface area (Å²) in [6.07, 6.45) is 1.81. The van der Waals surface area contributed by atoms with E-state index in [-0.39, 0.29) is 23.6 Å². The van der Waals surface area contributed by atoms with Gasteiger partial charge in [0.05, 0.1) is 0 Å². The molecule has 6 heteroatoms. The van der Waals surface area contributed by atoms with Crippen LogP contribution in [0.1, 0.15) is 37.8 Å². The lowest BCUT2D eigenvalue weighted by molar-refractivity contribution is -0.132. The molecule has 0 heterocycles. The first kappa shape index (κ1) is 24.1. The Bertz CT molecular complexity index is 838. The van der Waals surface area contributed by atoms with Crippen LogP contribution in [0.4, 0.5) is 0 Å². The lowest BCUT2D eigenvalue weighted by Gasteiger charge is -2.23. The van der Waals surface area contributed by atoms with Crippen molar-refractivity contribution in [3.63, 3.8) is 0 Å². The van der Waals surface area contributed by atoms with E-state index in [1.807, 2.05) is 74.5 Å². The molecule has 0 aliphatic heterocycles. The molecule has 2 aromatic carbocycles. The van der Waals surface area contributed by atoms with Crippen LogP contribution in [0.2, 0.25) is 0 Å². The number of likely N-dealkylation sites (N-methyl/N-ethyl adjacent to an activating group) is 1. The van der Waals surface area contributed by atoms with Crippen molar-refractivity contribution < 1.29 is 14.4 Å². The van der Waals surface area contributed by atoms with E-state index in [2.05, 4.69) is 16.0 Å². The molecule has 166 valence electrons. The highest BCUT2D eigenvalue weighted by Gasteiger charge is 2.26. The van der Waals surface area contributed by atoms with E-state index in [9.17, 15) is 14.4 Å². The Balaban J connectivity index is 2.11. The lowest BCUT2D eigenvalue weighted by Crippen LogP contribution is -2.54. The zero-order valence-electron chi connectivity index (χ0n) is 18.6. The SMILES string of the molecule is CNC(=O)[C@H](Cc1ccccc1)NC(=O)[C@H](CCc1ccccc1)NC(=O)CC(C)C. The van der Waals surface area contributed by atoms with Crippen molar-refractivity contribution in [3.05, 3.63) is 71.8 Å². The minimum atomic E-state index is -0.721. The van der Waals surface area contributed by atoms with Crippen molar-refractivity contribution >= 4 is 17.7 Å². The molecule has 0 radical (unpaired) electrons. The number of benzene rings is 2. The van der Waals surface area contributed by atoms with Crippen molar-refractivity contribution in [2.75, 3.05) is 7.05 Å². The first-order valence-corrected chi connectivity index (χ1v) is 10.8. The summed E-state index contributed by atoms with van der Waals surface area (Å²) in [5, 5.41) is 8.32. The summed E-state index contributed by atoms with van der Waals surface area (Å²) in [4.78, 5) is 37.9. The van der Waals surface area contributed by atoms with E-state index >= 15 is 0 Å². The van der Waals surface area contributed by atoms with Gasteiger partial charge in [-0.3, -0.25) is 14.4 Å². The van der Waals surface area contributed by atoms with E-state index in [4.69, 9.17) is 0 Å². The molecule has 0 spiro atoms. The highest BCUT2D eigenvalue weighted by atomic mass is 16.2. The average molecular weight is 424 g/mol. The van der Waals surface area contributed by atoms with Crippen LogP contribution < -0.4 is 16.0 Å². The zero-order chi connectivity index (χ0) is 22.6. The molecule has 0 bridgehead atoms. The molecular weight excluding hydrogens is 390 g/mol. The number of hydrogen-bond donors (Lipinski definition) is 3. The molecule has 2 aromatic rings. The van der Waals surface area contributed by atoms with Gasteiger partial charge in [-0.15, -0.1) is 0 Å². The van der Waals surface area contributed by atoms with Gasteiger partial charge in [0.2, 0.25) is 17.7 Å². The largest absolute Gasteiger partial charge is 0.357 e. The molecule has 6 nitrogen and oxygen atoms in total. The predicted octanol–water partition coefficient (Wildman–Crippen LogP) is 2.62. The number of nitrogens with one attached hydrogen (secondary N) is 3. The standard InChI is InChI=1S/C25H33N3O3/c1-18(2)16-23(29)27-21(15-14-19-10-6-4-7-11-19)25(31)28-22(24(30)26-3)17-20-12-8-5-9-13-20/h4-13,18,21-22H,14-17H2,1-3H3,(H,26,30)(H,27,29)(H,28,31)/t21-,22-/m0/s1. The molecule has 2 rings (SSSR count). The van der Waals surface area contributed by atoms with Crippen LogP contribution in [-0.2, 0) is 27.2 Å². The number of amides is 3. The molecule has 0 saturated heterocycles. The Morgan fingerprint density at radius 3 is 1.90 bits per heavy atom. The Morgan fingerprint density at radius 1 is 0.774 bits per heavy atom. The maximum absolute atomic E-state index is 13.1. The second-order valence-electron chi connectivity index (χ2n) is 8.11. The summed E-state index contributed by atoms with van der Waals surface area (Å²) in [6, 6.07) is 17.9. The summed E-state index contributed by atoms with van der Waals surface area (Å²) in [6.45, 7) is 3.92. The summed E-state index contributed by atoms with van der Waals surface area (Å²) >= 11 is 0. The van der Waals surface area contributed by atoms with Crippen LogP contribution in [0.15, 0.2) is 60.7 Å². The van der Waals surface area contributed by atoms with Crippen molar-refractivity contribution in [2.45, 2.75) is 51.6 Å². The number of aryl methyl sites for hydroxylation is 1. The second-order valence-corrected chi connectivity index (χ2v) is 8.11. The summed E-state index contributed by atoms with van der Waals surface area (Å²) < 4.78 is 0. The molecule has 0 aromatic heterocycles. The Morgan fingerprint density at radius 2 is 1.35 bits per heavy atom. The molecule has 3 amide bonds. The van der Waals surface area contributed by atoms with Crippen molar-refractivity contribution in [1.29, 1.82) is 0 Å². The topological polar surface area (TPSA) is 87.3 Å². The zero-order valence-corrected chi connectivity index (χ0v) is 18.6. The lowest BCUT2D eigenvalue weighted by atomic mass is 10.0. The quantitative estimate of drug-likeness (QED) is 0.519. The maximum atomic E-state index is 13.1. The van der Waals surface area contributed by atoms with Gasteiger partial charge in [0.15, 0.2) is 0 Å². The third kappa shape index (κ3) is 8.62. The number of rotatable bonds is 11. The first-order valence-electron chi connectivity index (χ1n) is 10.8. The van der Waals surface area contributed by atoms with E-state index in [1.165, 1.54) is 0 Å². The van der Waals surface area contributed by atoms with Crippen LogP contribution in [-0.4, -0.2) is 36.9 Å². The third-order valence-corrected chi connectivity index (χ3v) is 4.97. The fourth-order valence-electron chi connectivity index (χ4n) is 3.35. The summed E-state index contributed by atoms with van der Waals surface area (Å²) in [5.74, 6) is -0.595. The van der Waals surface area contributed by atoms with Crippen molar-refractivity contribution in [3.8, 4) is 0 Å². The smallest absolute Gasteiger partial charge is 0.243 e. The molecule has 0 fully saturated rings. The highest BCUT2D eigenvalue weighted by molar-refractivity contribution is 5.92. The van der Waals surface area contributed by atoms with Crippen LogP contribution in [0.5, 0.6) is 0 Å². The Labute approximate surface area is 184 Å². The summed E-state index contributed by atoms with van der Waals surface area (Å²) in [5.41, 5.74) is 2.03. The minimum Gasteiger partial charge on any atom is -0.357 e. The Hall–Kier alpha value is -3.15. The summed E-state index contributed by atoms with van der Waals surface area (Å²) in [7, 11) is 1.55. The van der Waals surface area contributed by atoms with Gasteiger partial charge in [-0.25, -0.2) is 0 Å². The molecule has 3 N–H and O–H groups in total. The van der Waals surface area contributed by atoms with Crippen LogP contribution in [0.3, 0.4) is 0 Å². The third-order valence-electron chi connectivity index (χ3n) is 4.97. The van der Waals surface area contributed by atoms with E-state index < -0.39 is 12.1 Å². The van der Waals surface area contributed by atoms with Gasteiger partial charge < -0.3 is 16.0 Å². The second kappa shape index (κ2) is 12.5. The molecule has 31 heavy (non-hydrogen) atoms. The highest BCUT2D eigenvalue weighted by Crippen LogP contribution is 2.09. The monoisotopic (exact) mass is 423 g/mol. The van der Waals surface area contributed by atoms with Gasteiger partial charge in [0.25, 0.3) is 0 Å². The van der Waals surface area contributed by atoms with E-state index in [1.54, 1.807) is 7.05 Å². The van der Waals surface area contributed by atoms with Crippen LogP contribution in [0, 0.1) is 5.92 Å². The molecule has 0 saturated carbocycles. The Kier molecular flexibility index (Phi) is 9.75. The molecule has 0 aliphatic rings. The van der Waals surface area contributed by atoms with Gasteiger partial charge in [-0.2, -0.15) is 0 Å². The maximum Gasteiger partial charge on any atom is 0.243 e. The van der Waals surface area contributed by atoms with Gasteiger partial charge in [0, 0.05) is 19.9 Å². The molecule has 0 aliphatic carbocycles. The number of carbonyl (C=O) groups excluding carboxylic acids is 3. The van der Waals surface area contributed by atoms with Crippen LogP contribution in [0.25, 0.3) is 0 Å². The minimum absolute atomic E-state index is 0.164. The number of carbonyl (C=O) groups is 3. The fourth-order valence-corrected chi connectivity index (χ4v) is 3.35. The van der Waals surface area contributed by atoms with E-state index in [0.29, 0.717) is 25.7 Å². The predicted molar refractivity (Wildman–Crippen MR) is 122 cm³/mol. The molecular formula is C25H33N3O3. The fraction of sp³-hybridized carbons (Fsp3) is 0.400. The van der Waals surface area contributed by atoms with E-state index in [0.717, 1.165) is 11.1 Å². The molecule has 0 unspecified atom stereocenters. The van der Waals surface area contributed by atoms with Crippen molar-refractivity contribution in [2.24, 2.45) is 5.92 Å². The normalized spacial score (nSPS) is 12.6. The van der Waals surface area contributed by atoms with Gasteiger partial charge in [-0.05, 0) is 29.9 Å².